The normalized spacial score (nSPS) is 11.0. The number of hydrogen-bond donors (Lipinski definition) is 1. The van der Waals surface area contributed by atoms with Crippen molar-refractivity contribution in [1.82, 2.24) is 10.2 Å². The summed E-state index contributed by atoms with van der Waals surface area (Å²) in [5.41, 5.74) is 0.574. The lowest BCUT2D eigenvalue weighted by molar-refractivity contribution is -0.131. The Hall–Kier alpha value is -2.04. The molecule has 1 aromatic rings. The largest absolute Gasteiger partial charge is 0.444 e. The van der Waals surface area contributed by atoms with E-state index in [-0.39, 0.29) is 18.9 Å². The topological polar surface area (TPSA) is 58.6 Å². The minimum Gasteiger partial charge on any atom is -0.444 e. The lowest BCUT2D eigenvalue weighted by Gasteiger charge is -2.23. The molecule has 0 aromatic heterocycles. The van der Waals surface area contributed by atoms with Crippen molar-refractivity contribution in [2.45, 2.75) is 52.7 Å². The van der Waals surface area contributed by atoms with Crippen LogP contribution < -0.4 is 5.32 Å². The van der Waals surface area contributed by atoms with Crippen LogP contribution >= 0.6 is 0 Å². The second kappa shape index (κ2) is 9.18. The molecule has 5 heteroatoms. The van der Waals surface area contributed by atoms with Crippen LogP contribution in [0, 0.1) is 0 Å². The van der Waals surface area contributed by atoms with Crippen LogP contribution in [0.2, 0.25) is 0 Å². The van der Waals surface area contributed by atoms with Gasteiger partial charge in [-0.2, -0.15) is 0 Å². The Morgan fingerprint density at radius 3 is 2.39 bits per heavy atom. The molecule has 0 aliphatic heterocycles. The molecule has 0 heterocycles. The predicted octanol–water partition coefficient (Wildman–Crippen LogP) is 3.34. The van der Waals surface area contributed by atoms with Gasteiger partial charge in [0.05, 0.1) is 0 Å². The molecule has 23 heavy (non-hydrogen) atoms. The molecule has 1 N–H and O–H groups in total. The van der Waals surface area contributed by atoms with Gasteiger partial charge in [-0.25, -0.2) is 4.79 Å². The number of hydrogen-bond acceptors (Lipinski definition) is 3. The summed E-state index contributed by atoms with van der Waals surface area (Å²) in [7, 11) is 0. The number of carbonyl (C=O) groups is 2. The van der Waals surface area contributed by atoms with Crippen LogP contribution in [-0.4, -0.2) is 35.6 Å². The first-order valence-corrected chi connectivity index (χ1v) is 8.10. The van der Waals surface area contributed by atoms with E-state index in [0.29, 0.717) is 13.1 Å². The van der Waals surface area contributed by atoms with Gasteiger partial charge in [-0.3, -0.25) is 4.79 Å². The zero-order chi connectivity index (χ0) is 17.3. The fourth-order valence-corrected chi connectivity index (χ4v) is 2.11. The van der Waals surface area contributed by atoms with Gasteiger partial charge >= 0.3 is 6.09 Å². The van der Waals surface area contributed by atoms with E-state index < -0.39 is 11.7 Å². The summed E-state index contributed by atoms with van der Waals surface area (Å²) >= 11 is 0. The van der Waals surface area contributed by atoms with Gasteiger partial charge < -0.3 is 15.0 Å². The minimum absolute atomic E-state index is 0.0340. The van der Waals surface area contributed by atoms with Crippen molar-refractivity contribution in [1.29, 1.82) is 0 Å². The minimum atomic E-state index is -0.532. The SMILES string of the molecule is CCCN(Cc1ccccc1)C(=O)CCNC(=O)OC(C)(C)C. The highest BCUT2D eigenvalue weighted by atomic mass is 16.6. The molecule has 2 amide bonds. The van der Waals surface area contributed by atoms with Crippen LogP contribution in [0.5, 0.6) is 0 Å². The van der Waals surface area contributed by atoms with E-state index in [1.807, 2.05) is 42.2 Å². The molecule has 0 atom stereocenters. The Balaban J connectivity index is 2.44. The Labute approximate surface area is 139 Å². The number of alkyl carbamates (subject to hydrolysis) is 1. The number of amides is 2. The Morgan fingerprint density at radius 2 is 1.83 bits per heavy atom. The summed E-state index contributed by atoms with van der Waals surface area (Å²) in [6, 6.07) is 9.91. The van der Waals surface area contributed by atoms with Crippen LogP contribution in [0.15, 0.2) is 30.3 Å². The Morgan fingerprint density at radius 1 is 1.17 bits per heavy atom. The van der Waals surface area contributed by atoms with Crippen molar-refractivity contribution in [2.24, 2.45) is 0 Å². The first-order chi connectivity index (χ1) is 10.8. The van der Waals surface area contributed by atoms with E-state index in [9.17, 15) is 9.59 Å². The molecule has 0 saturated carbocycles. The summed E-state index contributed by atoms with van der Waals surface area (Å²) in [6.07, 6.45) is 0.680. The molecule has 0 bridgehead atoms. The Kier molecular flexibility index (Phi) is 7.59. The average Bonchev–Trinajstić information content (AvgIpc) is 2.46. The van der Waals surface area contributed by atoms with E-state index in [1.54, 1.807) is 20.8 Å². The third-order valence-corrected chi connectivity index (χ3v) is 3.07. The Bertz CT molecular complexity index is 495. The average molecular weight is 320 g/mol. The predicted molar refractivity (Wildman–Crippen MR) is 91.0 cm³/mol. The quantitative estimate of drug-likeness (QED) is 0.838. The van der Waals surface area contributed by atoms with Crippen LogP contribution in [0.3, 0.4) is 0 Å². The number of nitrogens with zero attached hydrogens (tertiary/aromatic N) is 1. The maximum absolute atomic E-state index is 12.3. The summed E-state index contributed by atoms with van der Waals surface area (Å²) in [4.78, 5) is 25.7. The molecule has 1 rings (SSSR count). The molecule has 0 saturated heterocycles. The summed E-state index contributed by atoms with van der Waals surface area (Å²) in [6.45, 7) is 9.05. The lowest BCUT2D eigenvalue weighted by atomic mass is 10.2. The fraction of sp³-hybridized carbons (Fsp3) is 0.556. The summed E-state index contributed by atoms with van der Waals surface area (Å²) < 4.78 is 5.15. The van der Waals surface area contributed by atoms with Crippen LogP contribution in [0.25, 0.3) is 0 Å². The van der Waals surface area contributed by atoms with Gasteiger partial charge in [0.1, 0.15) is 5.60 Å². The molecule has 0 fully saturated rings. The van der Waals surface area contributed by atoms with Crippen molar-refractivity contribution in [2.75, 3.05) is 13.1 Å². The molecule has 1 aromatic carbocycles. The van der Waals surface area contributed by atoms with Crippen molar-refractivity contribution >= 4 is 12.0 Å². The first kappa shape index (κ1) is 19.0. The third kappa shape index (κ3) is 8.24. The van der Waals surface area contributed by atoms with E-state index >= 15 is 0 Å². The molecular weight excluding hydrogens is 292 g/mol. The number of ether oxygens (including phenoxy) is 1. The van der Waals surface area contributed by atoms with Crippen LogP contribution in [0.1, 0.15) is 46.1 Å². The van der Waals surface area contributed by atoms with E-state index in [4.69, 9.17) is 4.74 Å². The van der Waals surface area contributed by atoms with E-state index in [2.05, 4.69) is 5.32 Å². The highest BCUT2D eigenvalue weighted by Gasteiger charge is 2.17. The maximum Gasteiger partial charge on any atom is 0.407 e. The number of benzene rings is 1. The van der Waals surface area contributed by atoms with Crippen molar-refractivity contribution in [3.63, 3.8) is 0 Å². The monoisotopic (exact) mass is 320 g/mol. The van der Waals surface area contributed by atoms with E-state index in [1.165, 1.54) is 0 Å². The molecule has 0 aliphatic rings. The van der Waals surface area contributed by atoms with Crippen molar-refractivity contribution < 1.29 is 14.3 Å². The molecule has 0 radical (unpaired) electrons. The van der Waals surface area contributed by atoms with Crippen molar-refractivity contribution in [3.8, 4) is 0 Å². The standard InChI is InChI=1S/C18H28N2O3/c1-5-13-20(14-15-9-7-6-8-10-15)16(21)11-12-19-17(22)23-18(2,3)4/h6-10H,5,11-14H2,1-4H3,(H,19,22). The second-order valence-electron chi connectivity index (χ2n) is 6.48. The molecule has 0 unspecified atom stereocenters. The third-order valence-electron chi connectivity index (χ3n) is 3.07. The smallest absolute Gasteiger partial charge is 0.407 e. The first-order valence-electron chi connectivity index (χ1n) is 8.10. The second-order valence-corrected chi connectivity index (χ2v) is 6.48. The van der Waals surface area contributed by atoms with Crippen molar-refractivity contribution in [3.05, 3.63) is 35.9 Å². The highest BCUT2D eigenvalue weighted by molar-refractivity contribution is 5.77. The summed E-state index contributed by atoms with van der Waals surface area (Å²) in [5.74, 6) is 0.0340. The zero-order valence-corrected chi connectivity index (χ0v) is 14.6. The molecule has 0 aliphatic carbocycles. The fourth-order valence-electron chi connectivity index (χ4n) is 2.11. The molecule has 5 nitrogen and oxygen atoms in total. The van der Waals surface area contributed by atoms with Gasteiger partial charge in [-0.1, -0.05) is 37.3 Å². The maximum atomic E-state index is 12.3. The number of nitrogens with one attached hydrogen (secondary N) is 1. The van der Waals surface area contributed by atoms with Gasteiger partial charge in [0.25, 0.3) is 0 Å². The van der Waals surface area contributed by atoms with Gasteiger partial charge in [-0.15, -0.1) is 0 Å². The van der Waals surface area contributed by atoms with Gasteiger partial charge in [0.2, 0.25) is 5.91 Å². The van der Waals surface area contributed by atoms with Gasteiger partial charge in [0.15, 0.2) is 0 Å². The number of rotatable bonds is 7. The number of carbonyl (C=O) groups excluding carboxylic acids is 2. The molecule has 0 spiro atoms. The highest BCUT2D eigenvalue weighted by Crippen LogP contribution is 2.08. The van der Waals surface area contributed by atoms with Crippen LogP contribution in [0.4, 0.5) is 4.79 Å². The summed E-state index contributed by atoms with van der Waals surface area (Å²) in [5, 5.41) is 2.62. The van der Waals surface area contributed by atoms with Gasteiger partial charge in [0, 0.05) is 26.1 Å². The lowest BCUT2D eigenvalue weighted by Crippen LogP contribution is -2.37. The van der Waals surface area contributed by atoms with E-state index in [0.717, 1.165) is 12.0 Å². The van der Waals surface area contributed by atoms with Crippen LogP contribution in [-0.2, 0) is 16.1 Å². The molecule has 128 valence electrons. The molecular formula is C18H28N2O3. The van der Waals surface area contributed by atoms with Gasteiger partial charge in [-0.05, 0) is 32.8 Å². The zero-order valence-electron chi connectivity index (χ0n) is 14.6.